The van der Waals surface area contributed by atoms with E-state index in [1.54, 1.807) is 13.8 Å². The fourth-order valence-corrected chi connectivity index (χ4v) is 4.68. The first-order valence-electron chi connectivity index (χ1n) is 8.10. The van der Waals surface area contributed by atoms with Gasteiger partial charge in [0.1, 0.15) is 0 Å². The Labute approximate surface area is 157 Å². The first kappa shape index (κ1) is 23.9. The number of nitrogens with one attached hydrogen (secondary N) is 3. The Bertz CT molecular complexity index is 742. The summed E-state index contributed by atoms with van der Waals surface area (Å²) in [5.74, 6) is 0.343. The van der Waals surface area contributed by atoms with Crippen LogP contribution in [0, 0.1) is 0 Å². The molecule has 1 heterocycles. The number of piperidine rings is 1. The Morgan fingerprint density at radius 3 is 2.07 bits per heavy atom. The lowest BCUT2D eigenvalue weighted by molar-refractivity contribution is -0.0494. The van der Waals surface area contributed by atoms with E-state index in [0.717, 1.165) is 6.26 Å². The number of hydrogen-bond acceptors (Lipinski definition) is 5. The summed E-state index contributed by atoms with van der Waals surface area (Å²) < 4.78 is 86.2. The van der Waals surface area contributed by atoms with Gasteiger partial charge in [0, 0.05) is 38.3 Å². The maximum Gasteiger partial charge on any atom is 0.511 e. The van der Waals surface area contributed by atoms with Gasteiger partial charge in [0.25, 0.3) is 0 Å². The Hall–Kier alpha value is -1.12. The van der Waals surface area contributed by atoms with Crippen LogP contribution in [0.5, 0.6) is 0 Å². The second-order valence-electron chi connectivity index (χ2n) is 6.95. The molecule has 0 aromatic carbocycles. The zero-order valence-corrected chi connectivity index (χ0v) is 17.2. The van der Waals surface area contributed by atoms with Crippen LogP contribution in [0.3, 0.4) is 0 Å². The van der Waals surface area contributed by atoms with Crippen molar-refractivity contribution in [2.24, 2.45) is 4.99 Å². The Balaban J connectivity index is 2.57. The Morgan fingerprint density at radius 2 is 1.67 bits per heavy atom. The van der Waals surface area contributed by atoms with Gasteiger partial charge in [-0.25, -0.2) is 21.6 Å². The molecule has 1 saturated heterocycles. The molecule has 14 heteroatoms. The molecular weight excluding hydrogens is 411 g/mol. The third kappa shape index (κ3) is 7.43. The molecule has 0 saturated carbocycles. The predicted octanol–water partition coefficient (Wildman–Crippen LogP) is -0.207. The van der Waals surface area contributed by atoms with E-state index in [4.69, 9.17) is 0 Å². The normalized spacial score (nSPS) is 19.1. The highest BCUT2D eigenvalue weighted by Gasteiger charge is 2.50. The minimum atomic E-state index is -5.31. The number of hydrogen-bond donors (Lipinski definition) is 3. The van der Waals surface area contributed by atoms with Crippen molar-refractivity contribution in [3.8, 4) is 0 Å². The van der Waals surface area contributed by atoms with E-state index in [0.29, 0.717) is 10.3 Å². The molecule has 0 amide bonds. The zero-order chi connectivity index (χ0) is 21.1. The third-order valence-corrected chi connectivity index (χ3v) is 6.36. The molecule has 0 radical (unpaired) electrons. The van der Waals surface area contributed by atoms with E-state index in [1.165, 1.54) is 7.05 Å². The number of sulfonamides is 2. The zero-order valence-electron chi connectivity index (χ0n) is 15.6. The predicted molar refractivity (Wildman–Crippen MR) is 96.1 cm³/mol. The molecule has 27 heavy (non-hydrogen) atoms. The number of rotatable bonds is 6. The third-order valence-electron chi connectivity index (χ3n) is 3.81. The summed E-state index contributed by atoms with van der Waals surface area (Å²) in [6.45, 7) is 3.06. The summed E-state index contributed by atoms with van der Waals surface area (Å²) >= 11 is 0. The van der Waals surface area contributed by atoms with Crippen LogP contribution in [0.1, 0.15) is 26.7 Å². The van der Waals surface area contributed by atoms with Gasteiger partial charge in [-0.1, -0.05) is 0 Å². The first-order chi connectivity index (χ1) is 12.1. The summed E-state index contributed by atoms with van der Waals surface area (Å²) in [4.78, 5) is 3.99. The van der Waals surface area contributed by atoms with Crippen molar-refractivity contribution in [2.45, 2.75) is 43.8 Å². The summed E-state index contributed by atoms with van der Waals surface area (Å²) in [5.41, 5.74) is -6.10. The largest absolute Gasteiger partial charge is 0.511 e. The lowest BCUT2D eigenvalue weighted by Gasteiger charge is -2.33. The highest BCUT2D eigenvalue weighted by molar-refractivity contribution is 7.90. The van der Waals surface area contributed by atoms with E-state index in [2.05, 4.69) is 20.3 Å². The number of halogens is 3. The van der Waals surface area contributed by atoms with E-state index >= 15 is 0 Å². The molecule has 0 aliphatic carbocycles. The van der Waals surface area contributed by atoms with E-state index in [9.17, 15) is 30.0 Å². The Morgan fingerprint density at radius 1 is 1.15 bits per heavy atom. The van der Waals surface area contributed by atoms with E-state index in [1.807, 2.05) is 0 Å². The van der Waals surface area contributed by atoms with Crippen LogP contribution in [0.2, 0.25) is 0 Å². The van der Waals surface area contributed by atoms with Crippen LogP contribution in [0.25, 0.3) is 0 Å². The monoisotopic (exact) mass is 437 g/mol. The van der Waals surface area contributed by atoms with Crippen LogP contribution in [0.4, 0.5) is 13.2 Å². The minimum Gasteiger partial charge on any atom is -0.355 e. The Kier molecular flexibility index (Phi) is 7.52. The van der Waals surface area contributed by atoms with Gasteiger partial charge < -0.3 is 10.6 Å². The maximum atomic E-state index is 12.6. The van der Waals surface area contributed by atoms with Crippen molar-refractivity contribution >= 4 is 26.0 Å². The molecule has 1 aliphatic heterocycles. The molecule has 0 atom stereocenters. The second kappa shape index (κ2) is 8.49. The average Bonchev–Trinajstić information content (AvgIpc) is 2.48. The van der Waals surface area contributed by atoms with Crippen molar-refractivity contribution in [2.75, 3.05) is 32.9 Å². The fourth-order valence-electron chi connectivity index (χ4n) is 2.62. The highest BCUT2D eigenvalue weighted by atomic mass is 32.2. The van der Waals surface area contributed by atoms with Crippen molar-refractivity contribution < 1.29 is 30.0 Å². The van der Waals surface area contributed by atoms with Gasteiger partial charge in [-0.15, -0.1) is 0 Å². The standard InChI is InChI=1S/C13H26F3N5O4S2/c1-12(2,20-26(4,22)23)9-18-11(17-3)19-10-5-7-21(8-6-10)27(24,25)13(14,15)16/h10,20H,5-9H2,1-4H3,(H2,17,18,19). The van der Waals surface area contributed by atoms with Crippen LogP contribution in [-0.4, -0.2) is 77.1 Å². The van der Waals surface area contributed by atoms with Crippen molar-refractivity contribution in [1.29, 1.82) is 0 Å². The van der Waals surface area contributed by atoms with Crippen molar-refractivity contribution in [1.82, 2.24) is 19.7 Å². The lowest BCUT2D eigenvalue weighted by Crippen LogP contribution is -2.55. The SMILES string of the molecule is CN=C(NCC(C)(C)NS(C)(=O)=O)NC1CCN(S(=O)(=O)C(F)(F)F)CC1. The molecular formula is C13H26F3N5O4S2. The van der Waals surface area contributed by atoms with Crippen LogP contribution in [0.15, 0.2) is 4.99 Å². The highest BCUT2D eigenvalue weighted by Crippen LogP contribution is 2.28. The maximum absolute atomic E-state index is 12.6. The van der Waals surface area contributed by atoms with Gasteiger partial charge in [-0.3, -0.25) is 4.99 Å². The van der Waals surface area contributed by atoms with Gasteiger partial charge in [0.15, 0.2) is 5.96 Å². The quantitative estimate of drug-likeness (QED) is 0.391. The number of guanidine groups is 1. The number of nitrogens with zero attached hydrogens (tertiary/aromatic N) is 2. The molecule has 3 N–H and O–H groups in total. The van der Waals surface area contributed by atoms with Gasteiger partial charge in [0.2, 0.25) is 10.0 Å². The van der Waals surface area contributed by atoms with Crippen molar-refractivity contribution in [3.05, 3.63) is 0 Å². The van der Waals surface area contributed by atoms with Crippen LogP contribution >= 0.6 is 0 Å². The first-order valence-corrected chi connectivity index (χ1v) is 11.4. The average molecular weight is 438 g/mol. The molecule has 0 aromatic rings. The molecule has 0 aromatic heterocycles. The summed E-state index contributed by atoms with van der Waals surface area (Å²) in [7, 11) is -7.21. The second-order valence-corrected chi connectivity index (χ2v) is 10.6. The summed E-state index contributed by atoms with van der Waals surface area (Å²) in [6.07, 6.45) is 1.41. The van der Waals surface area contributed by atoms with Gasteiger partial charge >= 0.3 is 15.5 Å². The topological polar surface area (TPSA) is 120 Å². The lowest BCUT2D eigenvalue weighted by atomic mass is 10.1. The fraction of sp³-hybridized carbons (Fsp3) is 0.923. The molecule has 1 rings (SSSR count). The molecule has 0 spiro atoms. The summed E-state index contributed by atoms with van der Waals surface area (Å²) in [5, 5.41) is 5.96. The van der Waals surface area contributed by atoms with Gasteiger partial charge in [-0.2, -0.15) is 17.5 Å². The van der Waals surface area contributed by atoms with Gasteiger partial charge in [0.05, 0.1) is 6.26 Å². The molecule has 1 fully saturated rings. The van der Waals surface area contributed by atoms with E-state index in [-0.39, 0.29) is 38.5 Å². The van der Waals surface area contributed by atoms with Gasteiger partial charge in [-0.05, 0) is 26.7 Å². The van der Waals surface area contributed by atoms with Crippen LogP contribution < -0.4 is 15.4 Å². The van der Waals surface area contributed by atoms with Crippen molar-refractivity contribution in [3.63, 3.8) is 0 Å². The van der Waals surface area contributed by atoms with Crippen LogP contribution in [-0.2, 0) is 20.0 Å². The molecule has 160 valence electrons. The molecule has 1 aliphatic rings. The minimum absolute atomic E-state index is 0.182. The molecule has 0 bridgehead atoms. The molecule has 0 unspecified atom stereocenters. The van der Waals surface area contributed by atoms with E-state index < -0.39 is 31.1 Å². The molecule has 9 nitrogen and oxygen atoms in total. The number of alkyl halides is 3. The number of aliphatic imine (C=N–C) groups is 1. The smallest absolute Gasteiger partial charge is 0.355 e. The summed E-state index contributed by atoms with van der Waals surface area (Å²) in [6, 6.07) is -0.262.